The quantitative estimate of drug-likeness (QED) is 0.605. The first-order chi connectivity index (χ1) is 7.75. The summed E-state index contributed by atoms with van der Waals surface area (Å²) in [6.45, 7) is 1.79. The summed E-state index contributed by atoms with van der Waals surface area (Å²) in [6, 6.07) is 0.252. The van der Waals surface area contributed by atoms with Gasteiger partial charge in [0.1, 0.15) is 6.04 Å². The standard InChI is InChI=1S/C11H19N3O2/c15-10-4-3-9(14-10)11(16)13-7-5-8-2-1-6-12-8/h8-9,12H,1-7H2,(H,13,16)(H,14,15). The normalized spacial score (nSPS) is 29.1. The summed E-state index contributed by atoms with van der Waals surface area (Å²) in [4.78, 5) is 22.6. The van der Waals surface area contributed by atoms with Crippen molar-refractivity contribution < 1.29 is 9.59 Å². The fourth-order valence-electron chi connectivity index (χ4n) is 2.31. The van der Waals surface area contributed by atoms with Crippen molar-refractivity contribution in [2.45, 2.75) is 44.2 Å². The molecule has 5 heteroatoms. The van der Waals surface area contributed by atoms with Crippen LogP contribution in [0.25, 0.3) is 0 Å². The Morgan fingerprint density at radius 1 is 1.44 bits per heavy atom. The van der Waals surface area contributed by atoms with Crippen LogP contribution in [0.1, 0.15) is 32.1 Å². The first-order valence-corrected chi connectivity index (χ1v) is 6.06. The molecule has 2 rings (SSSR count). The molecule has 2 unspecified atom stereocenters. The lowest BCUT2D eigenvalue weighted by Gasteiger charge is -2.13. The third-order valence-corrected chi connectivity index (χ3v) is 3.27. The molecule has 0 bridgehead atoms. The largest absolute Gasteiger partial charge is 0.354 e. The Hall–Kier alpha value is -1.10. The molecule has 0 saturated carbocycles. The maximum atomic E-state index is 11.6. The van der Waals surface area contributed by atoms with E-state index in [1.54, 1.807) is 0 Å². The Kier molecular flexibility index (Phi) is 3.77. The van der Waals surface area contributed by atoms with Gasteiger partial charge in [-0.05, 0) is 32.2 Å². The first kappa shape index (κ1) is 11.4. The summed E-state index contributed by atoms with van der Waals surface area (Å²) in [5, 5.41) is 8.93. The van der Waals surface area contributed by atoms with E-state index in [4.69, 9.17) is 0 Å². The zero-order valence-corrected chi connectivity index (χ0v) is 9.42. The lowest BCUT2D eigenvalue weighted by Crippen LogP contribution is -2.42. The zero-order chi connectivity index (χ0) is 11.4. The number of carbonyl (C=O) groups is 2. The minimum absolute atomic E-state index is 0.0161. The smallest absolute Gasteiger partial charge is 0.242 e. The van der Waals surface area contributed by atoms with Gasteiger partial charge in [-0.15, -0.1) is 0 Å². The fraction of sp³-hybridized carbons (Fsp3) is 0.818. The molecule has 2 aliphatic heterocycles. The average molecular weight is 225 g/mol. The van der Waals surface area contributed by atoms with Gasteiger partial charge in [-0.25, -0.2) is 0 Å². The van der Waals surface area contributed by atoms with E-state index >= 15 is 0 Å². The lowest BCUT2D eigenvalue weighted by atomic mass is 10.1. The van der Waals surface area contributed by atoms with Gasteiger partial charge < -0.3 is 16.0 Å². The average Bonchev–Trinajstić information content (AvgIpc) is 2.89. The van der Waals surface area contributed by atoms with Gasteiger partial charge in [0.25, 0.3) is 0 Å². The number of carbonyl (C=O) groups excluding carboxylic acids is 2. The van der Waals surface area contributed by atoms with Crippen molar-refractivity contribution in [2.24, 2.45) is 0 Å². The summed E-state index contributed by atoms with van der Waals surface area (Å²) in [5.41, 5.74) is 0. The molecule has 5 nitrogen and oxygen atoms in total. The topological polar surface area (TPSA) is 70.2 Å². The Bertz CT molecular complexity index is 274. The van der Waals surface area contributed by atoms with Gasteiger partial charge in [0.15, 0.2) is 0 Å². The highest BCUT2D eigenvalue weighted by Crippen LogP contribution is 2.08. The minimum atomic E-state index is -0.302. The highest BCUT2D eigenvalue weighted by molar-refractivity contribution is 5.90. The van der Waals surface area contributed by atoms with E-state index in [1.807, 2.05) is 0 Å². The first-order valence-electron chi connectivity index (χ1n) is 6.06. The van der Waals surface area contributed by atoms with E-state index in [-0.39, 0.29) is 17.9 Å². The van der Waals surface area contributed by atoms with E-state index in [9.17, 15) is 9.59 Å². The summed E-state index contributed by atoms with van der Waals surface area (Å²) in [6.07, 6.45) is 4.52. The van der Waals surface area contributed by atoms with Gasteiger partial charge in [0.2, 0.25) is 11.8 Å². The summed E-state index contributed by atoms with van der Waals surface area (Å²) in [7, 11) is 0. The van der Waals surface area contributed by atoms with Crippen LogP contribution in [-0.4, -0.2) is 37.0 Å². The molecule has 2 heterocycles. The van der Waals surface area contributed by atoms with Crippen molar-refractivity contribution in [2.75, 3.05) is 13.1 Å². The van der Waals surface area contributed by atoms with Gasteiger partial charge in [-0.2, -0.15) is 0 Å². The molecule has 90 valence electrons. The van der Waals surface area contributed by atoms with Gasteiger partial charge >= 0.3 is 0 Å². The van der Waals surface area contributed by atoms with Crippen LogP contribution in [0.15, 0.2) is 0 Å². The monoisotopic (exact) mass is 225 g/mol. The number of nitrogens with one attached hydrogen (secondary N) is 3. The number of amides is 2. The second-order valence-electron chi connectivity index (χ2n) is 4.53. The maximum Gasteiger partial charge on any atom is 0.242 e. The predicted molar refractivity (Wildman–Crippen MR) is 59.8 cm³/mol. The molecule has 0 aromatic rings. The molecule has 16 heavy (non-hydrogen) atoms. The van der Waals surface area contributed by atoms with Crippen molar-refractivity contribution in [3.05, 3.63) is 0 Å². The van der Waals surface area contributed by atoms with E-state index in [1.165, 1.54) is 12.8 Å². The van der Waals surface area contributed by atoms with Crippen molar-refractivity contribution in [1.29, 1.82) is 0 Å². The summed E-state index contributed by atoms with van der Waals surface area (Å²) >= 11 is 0. The van der Waals surface area contributed by atoms with Crippen LogP contribution in [0.2, 0.25) is 0 Å². The number of hydrogen-bond acceptors (Lipinski definition) is 3. The Morgan fingerprint density at radius 2 is 2.31 bits per heavy atom. The van der Waals surface area contributed by atoms with Crippen molar-refractivity contribution >= 4 is 11.8 Å². The molecular weight excluding hydrogens is 206 g/mol. The molecule has 2 atom stereocenters. The molecule has 2 aliphatic rings. The van der Waals surface area contributed by atoms with Crippen LogP contribution in [0.3, 0.4) is 0 Å². The van der Waals surface area contributed by atoms with E-state index in [0.29, 0.717) is 25.4 Å². The van der Waals surface area contributed by atoms with E-state index in [2.05, 4.69) is 16.0 Å². The Morgan fingerprint density at radius 3 is 2.94 bits per heavy atom. The van der Waals surface area contributed by atoms with Crippen molar-refractivity contribution in [3.8, 4) is 0 Å². The molecule has 2 fully saturated rings. The molecule has 0 aromatic heterocycles. The van der Waals surface area contributed by atoms with Gasteiger partial charge in [0, 0.05) is 19.0 Å². The molecule has 2 saturated heterocycles. The van der Waals surface area contributed by atoms with Crippen molar-refractivity contribution in [1.82, 2.24) is 16.0 Å². The Balaban J connectivity index is 1.61. The molecule has 0 aliphatic carbocycles. The molecule has 2 amide bonds. The number of hydrogen-bond donors (Lipinski definition) is 3. The molecule has 0 spiro atoms. The van der Waals surface area contributed by atoms with Crippen LogP contribution in [-0.2, 0) is 9.59 Å². The third kappa shape index (κ3) is 2.95. The van der Waals surface area contributed by atoms with Crippen LogP contribution >= 0.6 is 0 Å². The maximum absolute atomic E-state index is 11.6. The highest BCUT2D eigenvalue weighted by atomic mass is 16.2. The Labute approximate surface area is 95.3 Å². The summed E-state index contributed by atoms with van der Waals surface area (Å²) in [5.74, 6) is -0.0542. The highest BCUT2D eigenvalue weighted by Gasteiger charge is 2.26. The SMILES string of the molecule is O=C1CCC(C(=O)NCCC2CCCN2)N1. The van der Waals surface area contributed by atoms with Crippen LogP contribution in [0.5, 0.6) is 0 Å². The predicted octanol–water partition coefficient (Wildman–Crippen LogP) is -0.477. The third-order valence-electron chi connectivity index (χ3n) is 3.27. The molecule has 0 radical (unpaired) electrons. The lowest BCUT2D eigenvalue weighted by molar-refractivity contribution is -0.125. The second kappa shape index (κ2) is 5.30. The van der Waals surface area contributed by atoms with Crippen LogP contribution in [0.4, 0.5) is 0 Å². The van der Waals surface area contributed by atoms with Crippen molar-refractivity contribution in [3.63, 3.8) is 0 Å². The summed E-state index contributed by atoms with van der Waals surface area (Å²) < 4.78 is 0. The number of rotatable bonds is 4. The van der Waals surface area contributed by atoms with Gasteiger partial charge in [0.05, 0.1) is 0 Å². The van der Waals surface area contributed by atoms with Gasteiger partial charge in [-0.3, -0.25) is 9.59 Å². The molecule has 0 aromatic carbocycles. The minimum Gasteiger partial charge on any atom is -0.354 e. The van der Waals surface area contributed by atoms with Gasteiger partial charge in [-0.1, -0.05) is 0 Å². The van der Waals surface area contributed by atoms with Crippen LogP contribution < -0.4 is 16.0 Å². The van der Waals surface area contributed by atoms with Crippen LogP contribution in [0, 0.1) is 0 Å². The molecule has 3 N–H and O–H groups in total. The fourth-order valence-corrected chi connectivity index (χ4v) is 2.31. The van der Waals surface area contributed by atoms with E-state index in [0.717, 1.165) is 13.0 Å². The van der Waals surface area contributed by atoms with E-state index < -0.39 is 0 Å². The zero-order valence-electron chi connectivity index (χ0n) is 9.42. The molecular formula is C11H19N3O2. The second-order valence-corrected chi connectivity index (χ2v) is 4.53.